The molecule has 124 valence electrons. The van der Waals surface area contributed by atoms with Crippen molar-refractivity contribution in [3.63, 3.8) is 0 Å². The number of hydrogen-bond acceptors (Lipinski definition) is 6. The van der Waals surface area contributed by atoms with Gasteiger partial charge in [-0.2, -0.15) is 15.4 Å². The third-order valence-corrected chi connectivity index (χ3v) is 5.15. The smallest absolute Gasteiger partial charge is 0.159 e. The Balaban J connectivity index is 1.65. The minimum atomic E-state index is 0.135. The molecule has 0 bridgehead atoms. The summed E-state index contributed by atoms with van der Waals surface area (Å²) < 4.78 is 1.94. The fourth-order valence-electron chi connectivity index (χ4n) is 3.96. The van der Waals surface area contributed by atoms with Gasteiger partial charge in [-0.25, -0.2) is 4.99 Å². The number of amidine groups is 1. The molecule has 0 spiro atoms. The Kier molecular flexibility index (Phi) is 3.90. The number of rotatable bonds is 4. The molecule has 0 amide bonds. The SMILES string of the molecule is N#CC[C@H](C1CCCC1)n1cc(C2=C3CCN=C3N(O)C=N2)cn1. The Bertz CT molecular complexity index is 762. The summed E-state index contributed by atoms with van der Waals surface area (Å²) in [6.45, 7) is 0.669. The molecule has 0 saturated heterocycles. The first kappa shape index (κ1) is 15.1. The third-order valence-electron chi connectivity index (χ3n) is 5.15. The van der Waals surface area contributed by atoms with Crippen molar-refractivity contribution < 1.29 is 5.21 Å². The van der Waals surface area contributed by atoms with E-state index < -0.39 is 0 Å². The molecule has 0 radical (unpaired) electrons. The Morgan fingerprint density at radius 2 is 2.21 bits per heavy atom. The van der Waals surface area contributed by atoms with Crippen LogP contribution in [-0.2, 0) is 0 Å². The molecule has 1 atom stereocenters. The summed E-state index contributed by atoms with van der Waals surface area (Å²) in [7, 11) is 0. The summed E-state index contributed by atoms with van der Waals surface area (Å²) in [4.78, 5) is 8.69. The number of nitriles is 1. The van der Waals surface area contributed by atoms with Crippen LogP contribution in [-0.4, -0.2) is 38.8 Å². The molecule has 0 unspecified atom stereocenters. The number of nitrogens with zero attached hydrogens (tertiary/aromatic N) is 6. The maximum atomic E-state index is 9.81. The lowest BCUT2D eigenvalue weighted by Crippen LogP contribution is -2.28. The van der Waals surface area contributed by atoms with Crippen LogP contribution in [0.15, 0.2) is 28.0 Å². The van der Waals surface area contributed by atoms with Crippen LogP contribution in [0.2, 0.25) is 0 Å². The van der Waals surface area contributed by atoms with E-state index in [-0.39, 0.29) is 6.04 Å². The molecular formula is C17H20N6O. The molecule has 24 heavy (non-hydrogen) atoms. The number of fused-ring (bicyclic) bond motifs is 1. The monoisotopic (exact) mass is 324 g/mol. The third kappa shape index (κ3) is 2.53. The molecule has 4 rings (SSSR count). The highest BCUT2D eigenvalue weighted by atomic mass is 16.5. The molecule has 1 fully saturated rings. The van der Waals surface area contributed by atoms with Crippen molar-refractivity contribution in [1.29, 1.82) is 5.26 Å². The van der Waals surface area contributed by atoms with Gasteiger partial charge in [0.2, 0.25) is 0 Å². The summed E-state index contributed by atoms with van der Waals surface area (Å²) in [6, 6.07) is 2.45. The summed E-state index contributed by atoms with van der Waals surface area (Å²) in [6.07, 6.45) is 11.3. The van der Waals surface area contributed by atoms with Crippen molar-refractivity contribution >= 4 is 17.9 Å². The van der Waals surface area contributed by atoms with E-state index in [2.05, 4.69) is 21.2 Å². The molecule has 3 aliphatic rings. The predicted molar refractivity (Wildman–Crippen MR) is 89.4 cm³/mol. The second-order valence-corrected chi connectivity index (χ2v) is 6.55. The van der Waals surface area contributed by atoms with Crippen molar-refractivity contribution in [2.24, 2.45) is 15.9 Å². The van der Waals surface area contributed by atoms with Crippen molar-refractivity contribution in [1.82, 2.24) is 14.8 Å². The Morgan fingerprint density at radius 3 is 3.00 bits per heavy atom. The van der Waals surface area contributed by atoms with E-state index in [4.69, 9.17) is 0 Å². The van der Waals surface area contributed by atoms with Gasteiger partial charge in [-0.3, -0.25) is 14.9 Å². The zero-order chi connectivity index (χ0) is 16.5. The first-order chi connectivity index (χ1) is 11.8. The van der Waals surface area contributed by atoms with Crippen LogP contribution >= 0.6 is 0 Å². The van der Waals surface area contributed by atoms with E-state index in [9.17, 15) is 10.5 Å². The van der Waals surface area contributed by atoms with Gasteiger partial charge in [0, 0.05) is 23.9 Å². The van der Waals surface area contributed by atoms with Crippen molar-refractivity contribution in [3.05, 3.63) is 23.5 Å². The van der Waals surface area contributed by atoms with Crippen LogP contribution in [0.1, 0.15) is 50.1 Å². The first-order valence-electron chi connectivity index (χ1n) is 8.49. The number of aromatic nitrogens is 2. The van der Waals surface area contributed by atoms with E-state index in [1.165, 1.54) is 32.0 Å². The van der Waals surface area contributed by atoms with E-state index in [0.717, 1.165) is 28.3 Å². The fraction of sp³-hybridized carbons (Fsp3) is 0.529. The highest BCUT2D eigenvalue weighted by Crippen LogP contribution is 2.37. The molecule has 1 aliphatic carbocycles. The van der Waals surface area contributed by atoms with Crippen molar-refractivity contribution in [3.8, 4) is 6.07 Å². The average molecular weight is 324 g/mol. The second-order valence-electron chi connectivity index (χ2n) is 6.55. The van der Waals surface area contributed by atoms with Gasteiger partial charge >= 0.3 is 0 Å². The van der Waals surface area contributed by atoms with Gasteiger partial charge in [0.25, 0.3) is 0 Å². The number of aliphatic imine (C=N–C) groups is 2. The zero-order valence-corrected chi connectivity index (χ0v) is 13.5. The summed E-state index contributed by atoms with van der Waals surface area (Å²) in [5, 5.41) is 24.5. The number of hydroxylamine groups is 2. The van der Waals surface area contributed by atoms with E-state index >= 15 is 0 Å². The van der Waals surface area contributed by atoms with Crippen LogP contribution in [0.4, 0.5) is 0 Å². The van der Waals surface area contributed by atoms with Crippen LogP contribution in [0.3, 0.4) is 0 Å². The summed E-state index contributed by atoms with van der Waals surface area (Å²) in [5.74, 6) is 1.11. The largest absolute Gasteiger partial charge is 0.281 e. The quantitative estimate of drug-likeness (QED) is 0.922. The molecule has 7 heteroatoms. The lowest BCUT2D eigenvalue weighted by molar-refractivity contribution is 0.0699. The molecule has 1 aromatic rings. The second kappa shape index (κ2) is 6.21. The molecule has 2 aliphatic heterocycles. The highest BCUT2D eigenvalue weighted by Gasteiger charge is 2.29. The summed E-state index contributed by atoms with van der Waals surface area (Å²) >= 11 is 0. The fourth-order valence-corrected chi connectivity index (χ4v) is 3.96. The van der Waals surface area contributed by atoms with Crippen LogP contribution in [0.25, 0.3) is 5.70 Å². The van der Waals surface area contributed by atoms with Gasteiger partial charge in [-0.1, -0.05) is 12.8 Å². The van der Waals surface area contributed by atoms with Gasteiger partial charge in [-0.15, -0.1) is 0 Å². The van der Waals surface area contributed by atoms with E-state index in [1.54, 1.807) is 0 Å². The minimum absolute atomic E-state index is 0.135. The standard InChI is InChI=1S/C17H20N6O/c18-7-5-15(12-3-1-2-4-12)22-10-13(9-21-22)16-14-6-8-19-17(14)23(24)11-20-16/h9-12,15,24H,1-6,8H2/t15-/m1/s1. The maximum Gasteiger partial charge on any atom is 0.159 e. The van der Waals surface area contributed by atoms with Crippen molar-refractivity contribution in [2.75, 3.05) is 6.54 Å². The van der Waals surface area contributed by atoms with Gasteiger partial charge in [-0.05, 0) is 25.2 Å². The van der Waals surface area contributed by atoms with Crippen LogP contribution in [0, 0.1) is 17.2 Å². The highest BCUT2D eigenvalue weighted by molar-refractivity contribution is 6.12. The zero-order valence-electron chi connectivity index (χ0n) is 13.5. The number of hydrogen-bond donors (Lipinski definition) is 1. The van der Waals surface area contributed by atoms with Crippen molar-refractivity contribution in [2.45, 2.75) is 44.6 Å². The average Bonchev–Trinajstić information content (AvgIpc) is 3.33. The van der Waals surface area contributed by atoms with Gasteiger partial charge in [0.15, 0.2) is 5.84 Å². The first-order valence-corrected chi connectivity index (χ1v) is 8.49. The maximum absolute atomic E-state index is 9.81. The van der Waals surface area contributed by atoms with E-state index in [1.807, 2.05) is 17.1 Å². The normalized spacial score (nSPS) is 21.8. The van der Waals surface area contributed by atoms with Crippen LogP contribution < -0.4 is 0 Å². The Morgan fingerprint density at radius 1 is 1.38 bits per heavy atom. The summed E-state index contributed by atoms with van der Waals surface area (Å²) in [5.41, 5.74) is 2.70. The molecule has 7 nitrogen and oxygen atoms in total. The molecule has 3 heterocycles. The predicted octanol–water partition coefficient (Wildman–Crippen LogP) is 2.77. The van der Waals surface area contributed by atoms with Gasteiger partial charge in [0.05, 0.1) is 30.4 Å². The van der Waals surface area contributed by atoms with Crippen LogP contribution in [0.5, 0.6) is 0 Å². The van der Waals surface area contributed by atoms with Gasteiger partial charge < -0.3 is 0 Å². The van der Waals surface area contributed by atoms with Gasteiger partial charge in [0.1, 0.15) is 6.34 Å². The molecule has 0 aromatic carbocycles. The molecule has 1 N–H and O–H groups in total. The molecule has 1 aromatic heterocycles. The lowest BCUT2D eigenvalue weighted by atomic mass is 9.96. The topological polar surface area (TPSA) is 89.8 Å². The Hall–Kier alpha value is -2.46. The Labute approximate surface area is 140 Å². The lowest BCUT2D eigenvalue weighted by Gasteiger charge is -2.21. The molecular weight excluding hydrogens is 304 g/mol. The molecule has 1 saturated carbocycles. The van der Waals surface area contributed by atoms with E-state index in [0.29, 0.717) is 24.7 Å². The minimum Gasteiger partial charge on any atom is -0.281 e.